The normalized spacial score (nSPS) is 27.3. The van der Waals surface area contributed by atoms with Gasteiger partial charge in [-0.05, 0) is 25.2 Å². The maximum atomic E-state index is 12.4. The van der Waals surface area contributed by atoms with Crippen molar-refractivity contribution in [3.05, 3.63) is 16.4 Å². The lowest BCUT2D eigenvalue weighted by atomic mass is 9.78. The Morgan fingerprint density at radius 3 is 2.68 bits per heavy atom. The molecular weight excluding hydrogens is 262 g/mol. The van der Waals surface area contributed by atoms with Crippen molar-refractivity contribution in [3.63, 3.8) is 0 Å². The minimum Gasteiger partial charge on any atom is -0.348 e. The number of amides is 1. The fraction of sp³-hybridized carbons (Fsp3) is 0.714. The van der Waals surface area contributed by atoms with Gasteiger partial charge in [-0.1, -0.05) is 38.3 Å². The summed E-state index contributed by atoms with van der Waals surface area (Å²) in [6, 6.07) is 0.238. The van der Waals surface area contributed by atoms with Crippen LogP contribution in [0.25, 0.3) is 0 Å². The second-order valence-electron chi connectivity index (χ2n) is 5.72. The fourth-order valence-electron chi connectivity index (χ4n) is 2.90. The molecule has 0 spiro atoms. The molecule has 106 valence electrons. The molecule has 3 atom stereocenters. The lowest BCUT2D eigenvalue weighted by molar-refractivity contribution is 0.0881. The van der Waals surface area contributed by atoms with Crippen LogP contribution in [-0.2, 0) is 7.05 Å². The number of nitrogens with zero attached hydrogens (tertiary/aromatic N) is 2. The van der Waals surface area contributed by atoms with E-state index in [1.165, 1.54) is 12.8 Å². The van der Waals surface area contributed by atoms with Crippen molar-refractivity contribution in [2.75, 3.05) is 0 Å². The Labute approximate surface area is 119 Å². The number of aromatic nitrogens is 2. The molecule has 1 N–H and O–H groups in total. The number of halogens is 1. The molecule has 4 nitrogen and oxygen atoms in total. The number of nitrogens with one attached hydrogen (secondary N) is 1. The van der Waals surface area contributed by atoms with Crippen LogP contribution in [0.2, 0.25) is 5.02 Å². The molecule has 1 aliphatic rings. The predicted octanol–water partition coefficient (Wildman–Crippen LogP) is 2.94. The highest BCUT2D eigenvalue weighted by Gasteiger charge is 2.29. The maximum Gasteiger partial charge on any atom is 0.271 e. The number of hydrogen-bond donors (Lipinski definition) is 1. The van der Waals surface area contributed by atoms with Gasteiger partial charge in [0.2, 0.25) is 0 Å². The molecule has 19 heavy (non-hydrogen) atoms. The highest BCUT2D eigenvalue weighted by atomic mass is 35.5. The quantitative estimate of drug-likeness (QED) is 0.907. The summed E-state index contributed by atoms with van der Waals surface area (Å²) in [4.78, 5) is 12.4. The number of carbonyl (C=O) groups is 1. The highest BCUT2D eigenvalue weighted by Crippen LogP contribution is 2.30. The molecule has 1 heterocycles. The van der Waals surface area contributed by atoms with Crippen LogP contribution in [0.3, 0.4) is 0 Å². The first-order chi connectivity index (χ1) is 8.91. The summed E-state index contributed by atoms with van der Waals surface area (Å²) >= 11 is 6.15. The fourth-order valence-corrected chi connectivity index (χ4v) is 3.15. The molecule has 1 aliphatic carbocycles. The summed E-state index contributed by atoms with van der Waals surface area (Å²) in [5, 5.41) is 7.76. The standard InChI is InChI=1S/C14H22ClN3O/c1-8-6-5-7-11(9(8)2)16-14(19)13-12(15)10(3)17-18(13)4/h8-9,11H,5-7H2,1-4H3,(H,16,19)/t8-,9+,11+/m1/s1. The van der Waals surface area contributed by atoms with Gasteiger partial charge in [-0.25, -0.2) is 0 Å². The average Bonchev–Trinajstić information content (AvgIpc) is 2.59. The Bertz CT molecular complexity index is 483. The summed E-state index contributed by atoms with van der Waals surface area (Å²) in [6.07, 6.45) is 3.47. The van der Waals surface area contributed by atoms with Crippen LogP contribution in [0, 0.1) is 18.8 Å². The Kier molecular flexibility index (Phi) is 4.19. The van der Waals surface area contributed by atoms with Gasteiger partial charge in [0.05, 0.1) is 10.7 Å². The van der Waals surface area contributed by atoms with Gasteiger partial charge in [0.25, 0.3) is 5.91 Å². The third-order valence-electron chi connectivity index (χ3n) is 4.39. The van der Waals surface area contributed by atoms with Crippen LogP contribution in [0.1, 0.15) is 49.3 Å². The Hall–Kier alpha value is -1.03. The van der Waals surface area contributed by atoms with Crippen LogP contribution in [0.5, 0.6) is 0 Å². The van der Waals surface area contributed by atoms with E-state index < -0.39 is 0 Å². The van der Waals surface area contributed by atoms with Gasteiger partial charge in [-0.15, -0.1) is 0 Å². The minimum atomic E-state index is -0.112. The summed E-state index contributed by atoms with van der Waals surface area (Å²) in [5.74, 6) is 1.05. The van der Waals surface area contributed by atoms with Crippen LogP contribution in [0.4, 0.5) is 0 Å². The van der Waals surface area contributed by atoms with Crippen molar-refractivity contribution in [1.82, 2.24) is 15.1 Å². The molecule has 0 aliphatic heterocycles. The molecule has 1 saturated carbocycles. The van der Waals surface area contributed by atoms with E-state index in [0.29, 0.717) is 28.2 Å². The van der Waals surface area contributed by atoms with Crippen molar-refractivity contribution in [2.45, 2.75) is 46.1 Å². The van der Waals surface area contributed by atoms with Gasteiger partial charge in [-0.3, -0.25) is 9.48 Å². The zero-order valence-corrected chi connectivity index (χ0v) is 12.8. The smallest absolute Gasteiger partial charge is 0.271 e. The summed E-state index contributed by atoms with van der Waals surface area (Å²) in [7, 11) is 1.75. The number of aryl methyl sites for hydroxylation is 2. The van der Waals surface area contributed by atoms with E-state index in [1.54, 1.807) is 11.7 Å². The van der Waals surface area contributed by atoms with Gasteiger partial charge in [0.1, 0.15) is 5.69 Å². The van der Waals surface area contributed by atoms with Crippen molar-refractivity contribution < 1.29 is 4.79 Å². The first-order valence-corrected chi connectivity index (χ1v) is 7.29. The number of carbonyl (C=O) groups excluding carboxylic acids is 1. The lowest BCUT2D eigenvalue weighted by Crippen LogP contribution is -2.44. The van der Waals surface area contributed by atoms with E-state index in [1.807, 2.05) is 6.92 Å². The third-order valence-corrected chi connectivity index (χ3v) is 4.84. The van der Waals surface area contributed by atoms with E-state index in [4.69, 9.17) is 11.6 Å². The predicted molar refractivity (Wildman–Crippen MR) is 76.4 cm³/mol. The van der Waals surface area contributed by atoms with E-state index >= 15 is 0 Å². The molecular formula is C14H22ClN3O. The first-order valence-electron chi connectivity index (χ1n) is 6.91. The van der Waals surface area contributed by atoms with Crippen molar-refractivity contribution in [3.8, 4) is 0 Å². The Morgan fingerprint density at radius 2 is 2.11 bits per heavy atom. The second kappa shape index (κ2) is 5.53. The number of hydrogen-bond acceptors (Lipinski definition) is 2. The topological polar surface area (TPSA) is 46.9 Å². The zero-order chi connectivity index (χ0) is 14.2. The highest BCUT2D eigenvalue weighted by molar-refractivity contribution is 6.34. The third kappa shape index (κ3) is 2.78. The van der Waals surface area contributed by atoms with Crippen LogP contribution in [-0.4, -0.2) is 21.7 Å². The second-order valence-corrected chi connectivity index (χ2v) is 6.10. The average molecular weight is 284 g/mol. The molecule has 1 fully saturated rings. The molecule has 0 saturated heterocycles. The van der Waals surface area contributed by atoms with Crippen molar-refractivity contribution in [1.29, 1.82) is 0 Å². The monoisotopic (exact) mass is 283 g/mol. The molecule has 1 aromatic rings. The minimum absolute atomic E-state index is 0.112. The molecule has 1 aromatic heterocycles. The van der Waals surface area contributed by atoms with E-state index in [0.717, 1.165) is 6.42 Å². The molecule has 5 heteroatoms. The number of rotatable bonds is 2. The van der Waals surface area contributed by atoms with Gasteiger partial charge in [0, 0.05) is 13.1 Å². The first kappa shape index (κ1) is 14.4. The van der Waals surface area contributed by atoms with E-state index in [9.17, 15) is 4.79 Å². The molecule has 0 radical (unpaired) electrons. The zero-order valence-electron chi connectivity index (χ0n) is 12.0. The molecule has 2 rings (SSSR count). The largest absolute Gasteiger partial charge is 0.348 e. The van der Waals surface area contributed by atoms with Gasteiger partial charge < -0.3 is 5.32 Å². The van der Waals surface area contributed by atoms with E-state index in [-0.39, 0.29) is 11.9 Å². The van der Waals surface area contributed by atoms with Crippen LogP contribution >= 0.6 is 11.6 Å². The SMILES string of the molecule is Cc1nn(C)c(C(=O)N[C@H]2CCC[C@@H](C)[C@@H]2C)c1Cl. The molecule has 0 aromatic carbocycles. The van der Waals surface area contributed by atoms with Gasteiger partial charge >= 0.3 is 0 Å². The molecule has 1 amide bonds. The lowest BCUT2D eigenvalue weighted by Gasteiger charge is -2.34. The van der Waals surface area contributed by atoms with E-state index in [2.05, 4.69) is 24.3 Å². The van der Waals surface area contributed by atoms with Crippen LogP contribution in [0.15, 0.2) is 0 Å². The molecule has 0 bridgehead atoms. The van der Waals surface area contributed by atoms with Crippen LogP contribution < -0.4 is 5.32 Å². The molecule has 0 unspecified atom stereocenters. The summed E-state index contributed by atoms with van der Waals surface area (Å²) in [5.41, 5.74) is 1.16. The Morgan fingerprint density at radius 1 is 1.42 bits per heavy atom. The van der Waals surface area contributed by atoms with Gasteiger partial charge in [-0.2, -0.15) is 5.10 Å². The summed E-state index contributed by atoms with van der Waals surface area (Å²) in [6.45, 7) is 6.28. The van der Waals surface area contributed by atoms with Gasteiger partial charge in [0.15, 0.2) is 0 Å². The maximum absolute atomic E-state index is 12.4. The summed E-state index contributed by atoms with van der Waals surface area (Å²) < 4.78 is 1.56. The Balaban J connectivity index is 2.12. The van der Waals surface area contributed by atoms with Crippen molar-refractivity contribution >= 4 is 17.5 Å². The van der Waals surface area contributed by atoms with Crippen molar-refractivity contribution in [2.24, 2.45) is 18.9 Å².